The largest absolute Gasteiger partial charge is 0.353 e. The zero-order valence-corrected chi connectivity index (χ0v) is 15.2. The maximum absolute atomic E-state index is 13.2. The molecule has 6 heteroatoms. The highest BCUT2D eigenvalue weighted by atomic mass is 16.6. The molecule has 2 aliphatic rings. The smallest absolute Gasteiger partial charge is 0.219 e. The van der Waals surface area contributed by atoms with Crippen LogP contribution in [0.4, 0.5) is 11.6 Å². The fraction of sp³-hybridized carbons (Fsp3) is 0.286. The van der Waals surface area contributed by atoms with Gasteiger partial charge in [0.1, 0.15) is 0 Å². The van der Waals surface area contributed by atoms with Crippen LogP contribution in [0.15, 0.2) is 58.4 Å². The summed E-state index contributed by atoms with van der Waals surface area (Å²) < 4.78 is 4.92. The Kier molecular flexibility index (Phi) is 3.37. The van der Waals surface area contributed by atoms with E-state index in [4.69, 9.17) is 4.63 Å². The van der Waals surface area contributed by atoms with Gasteiger partial charge in [0.15, 0.2) is 5.78 Å². The summed E-state index contributed by atoms with van der Waals surface area (Å²) in [7, 11) is 0. The Morgan fingerprint density at radius 2 is 1.81 bits per heavy atom. The van der Waals surface area contributed by atoms with E-state index in [2.05, 4.69) is 59.1 Å². The first-order valence-corrected chi connectivity index (χ1v) is 9.12. The molecule has 0 bridgehead atoms. The summed E-state index contributed by atoms with van der Waals surface area (Å²) in [6.45, 7) is 4.23. The zero-order chi connectivity index (χ0) is 18.6. The summed E-state index contributed by atoms with van der Waals surface area (Å²) >= 11 is 0. The molecule has 136 valence electrons. The monoisotopic (exact) mass is 360 g/mol. The van der Waals surface area contributed by atoms with Crippen molar-refractivity contribution in [3.8, 4) is 0 Å². The van der Waals surface area contributed by atoms with Crippen LogP contribution in [0.25, 0.3) is 10.8 Å². The van der Waals surface area contributed by atoms with E-state index in [0.29, 0.717) is 18.1 Å². The Morgan fingerprint density at radius 1 is 1.04 bits per heavy atom. The summed E-state index contributed by atoms with van der Waals surface area (Å²) in [6.07, 6.45) is 1.29. The molecule has 0 spiro atoms. The van der Waals surface area contributed by atoms with Gasteiger partial charge in [-0.3, -0.25) is 4.79 Å². The molecule has 5 rings (SSSR count). The van der Waals surface area contributed by atoms with Crippen LogP contribution in [0.5, 0.6) is 0 Å². The van der Waals surface area contributed by atoms with Crippen LogP contribution < -0.4 is 10.6 Å². The first kappa shape index (κ1) is 16.1. The number of nitrogens with one attached hydrogen (secondary N) is 2. The van der Waals surface area contributed by atoms with Crippen molar-refractivity contribution >= 4 is 28.2 Å². The normalized spacial score (nSPS) is 21.1. The maximum Gasteiger partial charge on any atom is 0.219 e. The molecule has 1 aliphatic carbocycles. The third kappa shape index (κ3) is 2.60. The second-order valence-electron chi connectivity index (χ2n) is 8.07. The minimum Gasteiger partial charge on any atom is -0.353 e. The van der Waals surface area contributed by atoms with Gasteiger partial charge in [-0.1, -0.05) is 56.3 Å². The van der Waals surface area contributed by atoms with E-state index in [-0.39, 0.29) is 17.2 Å². The number of hydrogen-bond donors (Lipinski definition) is 2. The molecule has 1 aromatic heterocycles. The van der Waals surface area contributed by atoms with Crippen LogP contribution in [-0.2, 0) is 4.79 Å². The first-order chi connectivity index (χ1) is 13.0. The van der Waals surface area contributed by atoms with E-state index in [9.17, 15) is 4.79 Å². The lowest BCUT2D eigenvalue weighted by Crippen LogP contribution is -2.31. The summed E-state index contributed by atoms with van der Waals surface area (Å²) in [5.74, 6) is 1.20. The molecule has 0 saturated carbocycles. The fourth-order valence-electron chi connectivity index (χ4n) is 4.23. The molecule has 3 aromatic rings. The summed E-state index contributed by atoms with van der Waals surface area (Å²) in [6, 6.07) is 14.1. The van der Waals surface area contributed by atoms with Crippen LogP contribution >= 0.6 is 0 Å². The quantitative estimate of drug-likeness (QED) is 0.668. The van der Waals surface area contributed by atoms with Gasteiger partial charge in [-0.25, -0.2) is 4.63 Å². The van der Waals surface area contributed by atoms with Crippen molar-refractivity contribution in [3.05, 3.63) is 59.3 Å². The third-order valence-electron chi connectivity index (χ3n) is 5.38. The number of nitrogens with zero attached hydrogens (tertiary/aromatic N) is 2. The van der Waals surface area contributed by atoms with Crippen molar-refractivity contribution in [2.75, 3.05) is 10.6 Å². The second kappa shape index (κ2) is 5.67. The predicted molar refractivity (Wildman–Crippen MR) is 103 cm³/mol. The van der Waals surface area contributed by atoms with Crippen LogP contribution in [0.2, 0.25) is 0 Å². The van der Waals surface area contributed by atoms with E-state index >= 15 is 0 Å². The number of benzene rings is 2. The molecular formula is C21H20N4O2. The number of ketones is 1. The van der Waals surface area contributed by atoms with Crippen molar-refractivity contribution < 1.29 is 9.42 Å². The Labute approximate surface area is 156 Å². The number of aromatic nitrogens is 2. The lowest BCUT2D eigenvalue weighted by Gasteiger charge is -2.34. The number of Topliss-reactive ketones (excluding diaryl/α,β-unsaturated/α-hetero) is 1. The van der Waals surface area contributed by atoms with Crippen molar-refractivity contribution in [1.29, 1.82) is 0 Å². The number of hydrogen-bond acceptors (Lipinski definition) is 6. The van der Waals surface area contributed by atoms with Gasteiger partial charge in [0.25, 0.3) is 0 Å². The number of anilines is 2. The van der Waals surface area contributed by atoms with Gasteiger partial charge in [-0.05, 0) is 38.5 Å². The van der Waals surface area contributed by atoms with Crippen molar-refractivity contribution in [2.24, 2.45) is 5.41 Å². The molecule has 0 radical (unpaired) electrons. The number of fused-ring (bicyclic) bond motifs is 2. The fourth-order valence-corrected chi connectivity index (χ4v) is 4.23. The highest BCUT2D eigenvalue weighted by molar-refractivity contribution is 6.02. The lowest BCUT2D eigenvalue weighted by molar-refractivity contribution is -0.118. The molecule has 1 unspecified atom stereocenters. The van der Waals surface area contributed by atoms with E-state index in [0.717, 1.165) is 34.0 Å². The Balaban J connectivity index is 1.75. The molecule has 1 atom stereocenters. The molecule has 0 saturated heterocycles. The molecule has 0 fully saturated rings. The van der Waals surface area contributed by atoms with E-state index in [1.54, 1.807) is 0 Å². The molecule has 6 nitrogen and oxygen atoms in total. The van der Waals surface area contributed by atoms with Gasteiger partial charge in [0, 0.05) is 17.7 Å². The van der Waals surface area contributed by atoms with Gasteiger partial charge >= 0.3 is 0 Å². The first-order valence-electron chi connectivity index (χ1n) is 9.12. The Morgan fingerprint density at radius 3 is 2.70 bits per heavy atom. The minimum absolute atomic E-state index is 0.103. The van der Waals surface area contributed by atoms with E-state index < -0.39 is 0 Å². The van der Waals surface area contributed by atoms with Gasteiger partial charge in [-0.2, -0.15) is 0 Å². The average molecular weight is 360 g/mol. The molecular weight excluding hydrogens is 340 g/mol. The van der Waals surface area contributed by atoms with Crippen molar-refractivity contribution in [2.45, 2.75) is 32.7 Å². The number of carbonyl (C=O) groups excluding carboxylic acids is 1. The lowest BCUT2D eigenvalue weighted by atomic mass is 9.73. The molecule has 2 aromatic carbocycles. The minimum atomic E-state index is -0.310. The van der Waals surface area contributed by atoms with Crippen LogP contribution in [0, 0.1) is 5.41 Å². The number of allylic oxidation sites excluding steroid dienone is 1. The van der Waals surface area contributed by atoms with Gasteiger partial charge in [0.2, 0.25) is 11.6 Å². The summed E-state index contributed by atoms with van der Waals surface area (Å²) in [5, 5.41) is 16.9. The summed E-state index contributed by atoms with van der Waals surface area (Å²) in [4.78, 5) is 13.2. The van der Waals surface area contributed by atoms with Crippen molar-refractivity contribution in [1.82, 2.24) is 10.3 Å². The van der Waals surface area contributed by atoms with E-state index in [1.165, 1.54) is 0 Å². The molecule has 2 heterocycles. The predicted octanol–water partition coefficient (Wildman–Crippen LogP) is 4.44. The Bertz CT molecular complexity index is 1090. The topological polar surface area (TPSA) is 80.1 Å². The molecule has 2 N–H and O–H groups in total. The Hall–Kier alpha value is -3.15. The summed E-state index contributed by atoms with van der Waals surface area (Å²) in [5.41, 5.74) is 2.61. The van der Waals surface area contributed by atoms with Gasteiger partial charge < -0.3 is 10.6 Å². The standard InChI is InChI=1S/C21H20N4O2/c1-21(2)10-15-17(16(26)11-21)18(23-20-19(22-15)24-27-25-20)14-9-5-7-12-6-3-4-8-13(12)14/h3-9,18H,10-11H2,1-2H3,(H,22,24)(H,23,25). The zero-order valence-electron chi connectivity index (χ0n) is 15.2. The molecule has 1 aliphatic heterocycles. The van der Waals surface area contributed by atoms with Gasteiger partial charge in [0.05, 0.1) is 6.04 Å². The maximum atomic E-state index is 13.2. The molecule has 0 amide bonds. The number of rotatable bonds is 1. The van der Waals surface area contributed by atoms with Gasteiger partial charge in [-0.15, -0.1) is 0 Å². The second-order valence-corrected chi connectivity index (χ2v) is 8.07. The van der Waals surface area contributed by atoms with Crippen molar-refractivity contribution in [3.63, 3.8) is 0 Å². The van der Waals surface area contributed by atoms with Crippen LogP contribution in [0.1, 0.15) is 38.3 Å². The van der Waals surface area contributed by atoms with Crippen LogP contribution in [0.3, 0.4) is 0 Å². The van der Waals surface area contributed by atoms with Crippen LogP contribution in [-0.4, -0.2) is 16.1 Å². The average Bonchev–Trinajstić information content (AvgIpc) is 2.99. The third-order valence-corrected chi connectivity index (χ3v) is 5.38. The highest BCUT2D eigenvalue weighted by Gasteiger charge is 2.40. The highest BCUT2D eigenvalue weighted by Crippen LogP contribution is 2.45. The SMILES string of the molecule is CC1(C)CC(=O)C2=C(C1)Nc1nonc1NC2c1cccc2ccccc12. The van der Waals surface area contributed by atoms with E-state index in [1.807, 2.05) is 18.2 Å². The molecule has 27 heavy (non-hydrogen) atoms. The number of carbonyl (C=O) groups is 1.